The van der Waals surface area contributed by atoms with Crippen molar-refractivity contribution in [3.8, 4) is 0 Å². The molecule has 3 aromatic rings. The van der Waals surface area contributed by atoms with Gasteiger partial charge in [0.15, 0.2) is 0 Å². The molecule has 0 fully saturated rings. The van der Waals surface area contributed by atoms with Crippen LogP contribution in [0.3, 0.4) is 0 Å². The van der Waals surface area contributed by atoms with Crippen molar-refractivity contribution in [3.63, 3.8) is 0 Å². The molecule has 0 bridgehead atoms. The van der Waals surface area contributed by atoms with Crippen LogP contribution in [-0.4, -0.2) is 20.9 Å². The predicted octanol–water partition coefficient (Wildman–Crippen LogP) is 4.73. The maximum absolute atomic E-state index is 13.4. The summed E-state index contributed by atoms with van der Waals surface area (Å²) >= 11 is 5.92. The summed E-state index contributed by atoms with van der Waals surface area (Å²) in [5.74, 6) is -0.344. The van der Waals surface area contributed by atoms with E-state index in [4.69, 9.17) is 11.6 Å². The molecule has 0 saturated heterocycles. The maximum Gasteiger partial charge on any atom is 0.264 e. The van der Waals surface area contributed by atoms with E-state index in [1.807, 2.05) is 18.2 Å². The van der Waals surface area contributed by atoms with Gasteiger partial charge >= 0.3 is 0 Å². The molecule has 31 heavy (non-hydrogen) atoms. The third kappa shape index (κ3) is 4.75. The fourth-order valence-corrected chi connectivity index (χ4v) is 5.46. The number of amides is 1. The Bertz CT molecular complexity index is 1160. The van der Waals surface area contributed by atoms with Crippen molar-refractivity contribution < 1.29 is 13.2 Å². The number of fused-ring (bicyclic) bond motifs is 1. The van der Waals surface area contributed by atoms with Crippen LogP contribution in [0.15, 0.2) is 83.8 Å². The van der Waals surface area contributed by atoms with E-state index in [0.29, 0.717) is 10.7 Å². The van der Waals surface area contributed by atoms with Gasteiger partial charge in [0.05, 0.1) is 16.6 Å². The van der Waals surface area contributed by atoms with Crippen molar-refractivity contribution in [1.82, 2.24) is 5.32 Å². The minimum absolute atomic E-state index is 0.0802. The summed E-state index contributed by atoms with van der Waals surface area (Å²) in [5.41, 5.74) is 2.76. The summed E-state index contributed by atoms with van der Waals surface area (Å²) in [6, 6.07) is 22.5. The summed E-state index contributed by atoms with van der Waals surface area (Å²) in [7, 11) is -3.95. The average molecular weight is 455 g/mol. The maximum atomic E-state index is 13.4. The normalized spacial score (nSPS) is 15.7. The highest BCUT2D eigenvalue weighted by molar-refractivity contribution is 7.92. The third-order valence-corrected chi connectivity index (χ3v) is 7.48. The summed E-state index contributed by atoms with van der Waals surface area (Å²) in [6.07, 6.45) is 2.80. The molecular weight excluding hydrogens is 432 g/mol. The van der Waals surface area contributed by atoms with E-state index in [9.17, 15) is 13.2 Å². The zero-order chi connectivity index (χ0) is 21.8. The number of carbonyl (C=O) groups excluding carboxylic acids is 1. The Labute approximate surface area is 187 Å². The number of hydrogen-bond donors (Lipinski definition) is 1. The molecule has 0 aromatic heterocycles. The lowest BCUT2D eigenvalue weighted by atomic mass is 9.88. The second-order valence-corrected chi connectivity index (χ2v) is 9.81. The fourth-order valence-electron chi connectivity index (χ4n) is 3.92. The van der Waals surface area contributed by atoms with Gasteiger partial charge in [0.2, 0.25) is 5.91 Å². The van der Waals surface area contributed by atoms with Gasteiger partial charge in [-0.05, 0) is 66.8 Å². The Kier molecular flexibility index (Phi) is 6.30. The number of rotatable bonds is 6. The van der Waals surface area contributed by atoms with Gasteiger partial charge in [-0.1, -0.05) is 54.1 Å². The van der Waals surface area contributed by atoms with Crippen LogP contribution in [0.25, 0.3) is 0 Å². The number of nitrogens with one attached hydrogen (secondary N) is 1. The first kappa shape index (κ1) is 21.4. The highest BCUT2D eigenvalue weighted by atomic mass is 35.5. The minimum atomic E-state index is -3.95. The fraction of sp³-hybridized carbons (Fsp3) is 0.208. The summed E-state index contributed by atoms with van der Waals surface area (Å²) < 4.78 is 27.9. The number of anilines is 1. The molecule has 0 radical (unpaired) electrons. The van der Waals surface area contributed by atoms with Crippen molar-refractivity contribution in [2.24, 2.45) is 0 Å². The molecular formula is C24H23ClN2O3S. The van der Waals surface area contributed by atoms with E-state index >= 15 is 0 Å². The molecule has 0 unspecified atom stereocenters. The molecule has 1 amide bonds. The van der Waals surface area contributed by atoms with Gasteiger partial charge in [0.1, 0.15) is 6.54 Å². The Morgan fingerprint density at radius 3 is 2.39 bits per heavy atom. The lowest BCUT2D eigenvalue weighted by Gasteiger charge is -2.28. The van der Waals surface area contributed by atoms with Crippen molar-refractivity contribution in [2.75, 3.05) is 10.8 Å². The summed E-state index contributed by atoms with van der Waals surface area (Å²) in [4.78, 5) is 13.1. The van der Waals surface area contributed by atoms with E-state index in [2.05, 4.69) is 11.4 Å². The SMILES string of the molecule is O=C(CN(c1ccccc1)S(=O)(=O)c1ccc(Cl)cc1)N[C@@H]1CCCc2ccccc21. The lowest BCUT2D eigenvalue weighted by Crippen LogP contribution is -2.42. The highest BCUT2D eigenvalue weighted by Gasteiger charge is 2.29. The molecule has 3 aromatic carbocycles. The van der Waals surface area contributed by atoms with Crippen LogP contribution < -0.4 is 9.62 Å². The topological polar surface area (TPSA) is 66.5 Å². The van der Waals surface area contributed by atoms with E-state index in [1.165, 1.54) is 29.8 Å². The van der Waals surface area contributed by atoms with Crippen LogP contribution in [0.2, 0.25) is 5.02 Å². The van der Waals surface area contributed by atoms with E-state index in [0.717, 1.165) is 29.1 Å². The molecule has 0 spiro atoms. The number of nitrogens with zero attached hydrogens (tertiary/aromatic N) is 1. The number of para-hydroxylation sites is 1. The Hall–Kier alpha value is -2.83. The molecule has 7 heteroatoms. The van der Waals surface area contributed by atoms with Crippen LogP contribution in [0.5, 0.6) is 0 Å². The van der Waals surface area contributed by atoms with Crippen molar-refractivity contribution in [1.29, 1.82) is 0 Å². The zero-order valence-corrected chi connectivity index (χ0v) is 18.4. The first-order chi connectivity index (χ1) is 14.9. The van der Waals surface area contributed by atoms with Crippen molar-refractivity contribution >= 4 is 33.2 Å². The number of sulfonamides is 1. The molecule has 0 heterocycles. The van der Waals surface area contributed by atoms with Crippen molar-refractivity contribution in [2.45, 2.75) is 30.2 Å². The van der Waals surface area contributed by atoms with Crippen LogP contribution in [-0.2, 0) is 21.2 Å². The molecule has 160 valence electrons. The van der Waals surface area contributed by atoms with Gasteiger partial charge in [-0.2, -0.15) is 0 Å². The van der Waals surface area contributed by atoms with E-state index in [-0.39, 0.29) is 23.4 Å². The molecule has 1 N–H and O–H groups in total. The van der Waals surface area contributed by atoms with E-state index < -0.39 is 10.0 Å². The van der Waals surface area contributed by atoms with Gasteiger partial charge in [0.25, 0.3) is 10.0 Å². The van der Waals surface area contributed by atoms with Crippen LogP contribution in [0.1, 0.15) is 30.0 Å². The highest BCUT2D eigenvalue weighted by Crippen LogP contribution is 2.30. The molecule has 1 aliphatic rings. The van der Waals surface area contributed by atoms with Crippen LogP contribution in [0.4, 0.5) is 5.69 Å². The van der Waals surface area contributed by atoms with Gasteiger partial charge in [0, 0.05) is 5.02 Å². The molecule has 4 rings (SSSR count). The van der Waals surface area contributed by atoms with Gasteiger partial charge in [-0.3, -0.25) is 9.10 Å². The molecule has 0 aliphatic heterocycles. The monoisotopic (exact) mass is 454 g/mol. The first-order valence-corrected chi connectivity index (χ1v) is 12.0. The van der Waals surface area contributed by atoms with Crippen LogP contribution in [0, 0.1) is 0 Å². The third-order valence-electron chi connectivity index (χ3n) is 5.44. The number of carbonyl (C=O) groups is 1. The largest absolute Gasteiger partial charge is 0.348 e. The molecule has 5 nitrogen and oxygen atoms in total. The van der Waals surface area contributed by atoms with Crippen LogP contribution >= 0.6 is 11.6 Å². The number of halogens is 1. The molecule has 1 aliphatic carbocycles. The first-order valence-electron chi connectivity index (χ1n) is 10.2. The molecule has 0 saturated carbocycles. The van der Waals surface area contributed by atoms with Gasteiger partial charge in [-0.25, -0.2) is 8.42 Å². The smallest absolute Gasteiger partial charge is 0.264 e. The van der Waals surface area contributed by atoms with Crippen molar-refractivity contribution in [3.05, 3.63) is 95.0 Å². The number of benzene rings is 3. The number of aryl methyl sites for hydroxylation is 1. The van der Waals surface area contributed by atoms with Gasteiger partial charge < -0.3 is 5.32 Å². The average Bonchev–Trinajstić information content (AvgIpc) is 2.78. The quantitative estimate of drug-likeness (QED) is 0.585. The Balaban J connectivity index is 1.60. The second kappa shape index (κ2) is 9.12. The second-order valence-electron chi connectivity index (χ2n) is 7.51. The summed E-state index contributed by atoms with van der Waals surface area (Å²) in [5, 5.41) is 3.49. The predicted molar refractivity (Wildman–Crippen MR) is 123 cm³/mol. The minimum Gasteiger partial charge on any atom is -0.348 e. The molecule has 1 atom stereocenters. The number of hydrogen-bond acceptors (Lipinski definition) is 3. The Morgan fingerprint density at radius 2 is 1.65 bits per heavy atom. The lowest BCUT2D eigenvalue weighted by molar-refractivity contribution is -0.120. The standard InChI is InChI=1S/C24H23ClN2O3S/c25-19-13-15-21(16-14-19)31(29,30)27(20-9-2-1-3-10-20)17-24(28)26-23-12-6-8-18-7-4-5-11-22(18)23/h1-5,7,9-11,13-16,23H,6,8,12,17H2,(H,26,28)/t23-/m1/s1. The van der Waals surface area contributed by atoms with Gasteiger partial charge in [-0.15, -0.1) is 0 Å². The van der Waals surface area contributed by atoms with E-state index in [1.54, 1.807) is 30.3 Å². The zero-order valence-electron chi connectivity index (χ0n) is 16.9. The summed E-state index contributed by atoms with van der Waals surface area (Å²) in [6.45, 7) is -0.312. The Morgan fingerprint density at radius 1 is 0.968 bits per heavy atom.